The fourth-order valence-electron chi connectivity index (χ4n) is 2.22. The van der Waals surface area contributed by atoms with Gasteiger partial charge in [0.2, 0.25) is 5.91 Å². The molecule has 0 saturated heterocycles. The van der Waals surface area contributed by atoms with Gasteiger partial charge in [0.25, 0.3) is 0 Å². The first kappa shape index (κ1) is 19.8. The molecule has 7 heteroatoms. The van der Waals surface area contributed by atoms with Crippen molar-refractivity contribution >= 4 is 39.1 Å². The van der Waals surface area contributed by atoms with Crippen LogP contribution in [0.4, 0.5) is 0 Å². The lowest BCUT2D eigenvalue weighted by molar-refractivity contribution is -0.121. The molecule has 1 N–H and O–H groups in total. The van der Waals surface area contributed by atoms with E-state index in [9.17, 15) is 13.2 Å². The summed E-state index contributed by atoms with van der Waals surface area (Å²) in [4.78, 5) is 13.3. The molecule has 0 spiro atoms. The first-order chi connectivity index (χ1) is 11.8. The minimum Gasteiger partial charge on any atom is -0.350 e. The maximum Gasteiger partial charge on any atom is 0.221 e. The predicted molar refractivity (Wildman–Crippen MR) is 103 cm³/mol. The molecule has 0 saturated carbocycles. The van der Waals surface area contributed by atoms with Gasteiger partial charge in [-0.05, 0) is 36.8 Å². The van der Waals surface area contributed by atoms with Crippen LogP contribution in [0.2, 0.25) is 5.02 Å². The van der Waals surface area contributed by atoms with Crippen LogP contribution in [0.5, 0.6) is 0 Å². The van der Waals surface area contributed by atoms with Gasteiger partial charge in [0.15, 0.2) is 9.84 Å². The lowest BCUT2D eigenvalue weighted by Crippen LogP contribution is -2.26. The maximum atomic E-state index is 12.1. The topological polar surface area (TPSA) is 63.2 Å². The molecule has 0 radical (unpaired) electrons. The van der Waals surface area contributed by atoms with E-state index in [4.69, 9.17) is 11.6 Å². The summed E-state index contributed by atoms with van der Waals surface area (Å²) in [6, 6.07) is 13.9. The molecule has 0 aromatic heterocycles. The Morgan fingerprint density at radius 1 is 1.16 bits per heavy atom. The van der Waals surface area contributed by atoms with Gasteiger partial charge in [0.05, 0.1) is 16.0 Å². The molecule has 2 aromatic rings. The molecule has 0 aliphatic heterocycles. The molecular formula is C18H20ClNO3S2. The summed E-state index contributed by atoms with van der Waals surface area (Å²) in [7, 11) is -3.21. The van der Waals surface area contributed by atoms with E-state index in [2.05, 4.69) is 5.32 Å². The van der Waals surface area contributed by atoms with Crippen LogP contribution < -0.4 is 5.32 Å². The SMILES string of the molecule is CC(NC(=O)CCSc1ccccc1Cl)c1ccc(S(C)(=O)=O)cc1. The zero-order valence-electron chi connectivity index (χ0n) is 14.0. The Bertz CT molecular complexity index is 836. The van der Waals surface area contributed by atoms with E-state index in [1.54, 1.807) is 36.0 Å². The summed E-state index contributed by atoms with van der Waals surface area (Å²) >= 11 is 7.63. The molecule has 0 aliphatic rings. The number of carbonyl (C=O) groups is 1. The van der Waals surface area contributed by atoms with E-state index in [1.165, 1.54) is 6.26 Å². The Balaban J connectivity index is 1.84. The van der Waals surface area contributed by atoms with Crippen LogP contribution in [0.25, 0.3) is 0 Å². The number of nitrogens with one attached hydrogen (secondary N) is 1. The number of halogens is 1. The summed E-state index contributed by atoms with van der Waals surface area (Å²) in [6.45, 7) is 1.87. The normalized spacial score (nSPS) is 12.6. The van der Waals surface area contributed by atoms with Gasteiger partial charge in [-0.25, -0.2) is 8.42 Å². The minimum atomic E-state index is -3.21. The second-order valence-electron chi connectivity index (χ2n) is 5.66. The minimum absolute atomic E-state index is 0.0563. The standard InChI is InChI=1S/C18H20ClNO3S2/c1-13(14-7-9-15(10-8-14)25(2,22)23)20-18(21)11-12-24-17-6-4-3-5-16(17)19/h3-10,13H,11-12H2,1-2H3,(H,20,21). The third kappa shape index (κ3) is 6.06. The van der Waals surface area contributed by atoms with Crippen molar-refractivity contribution in [2.75, 3.05) is 12.0 Å². The first-order valence-corrected chi connectivity index (χ1v) is 11.0. The fourth-order valence-corrected chi connectivity index (χ4v) is 4.03. The molecule has 0 heterocycles. The van der Waals surface area contributed by atoms with E-state index in [0.717, 1.165) is 10.5 Å². The quantitative estimate of drug-likeness (QED) is 0.714. The second-order valence-corrected chi connectivity index (χ2v) is 9.22. The average Bonchev–Trinajstić information content (AvgIpc) is 2.56. The molecule has 134 valence electrons. The molecule has 1 unspecified atom stereocenters. The Kier molecular flexibility index (Phi) is 6.93. The smallest absolute Gasteiger partial charge is 0.221 e. The van der Waals surface area contributed by atoms with Crippen molar-refractivity contribution in [2.45, 2.75) is 29.2 Å². The molecule has 4 nitrogen and oxygen atoms in total. The highest BCUT2D eigenvalue weighted by Gasteiger charge is 2.12. The molecule has 1 amide bonds. The summed E-state index contributed by atoms with van der Waals surface area (Å²) < 4.78 is 22.9. The lowest BCUT2D eigenvalue weighted by atomic mass is 10.1. The van der Waals surface area contributed by atoms with E-state index >= 15 is 0 Å². The van der Waals surface area contributed by atoms with E-state index in [0.29, 0.717) is 17.2 Å². The number of amides is 1. The summed E-state index contributed by atoms with van der Waals surface area (Å²) in [5.41, 5.74) is 0.861. The van der Waals surface area contributed by atoms with Crippen molar-refractivity contribution < 1.29 is 13.2 Å². The van der Waals surface area contributed by atoms with E-state index in [1.807, 2.05) is 31.2 Å². The van der Waals surface area contributed by atoms with Crippen molar-refractivity contribution in [3.8, 4) is 0 Å². The van der Waals surface area contributed by atoms with Crippen molar-refractivity contribution in [3.05, 3.63) is 59.1 Å². The number of hydrogen-bond donors (Lipinski definition) is 1. The number of thioether (sulfide) groups is 1. The molecule has 1 atom stereocenters. The predicted octanol–water partition coefficient (Wildman–Crippen LogP) is 4.10. The Morgan fingerprint density at radius 2 is 1.80 bits per heavy atom. The fraction of sp³-hybridized carbons (Fsp3) is 0.278. The highest BCUT2D eigenvalue weighted by Crippen LogP contribution is 2.27. The Morgan fingerprint density at radius 3 is 2.40 bits per heavy atom. The van der Waals surface area contributed by atoms with Crippen LogP contribution in [0.15, 0.2) is 58.3 Å². The number of benzene rings is 2. The van der Waals surface area contributed by atoms with Gasteiger partial charge in [-0.15, -0.1) is 11.8 Å². The third-order valence-electron chi connectivity index (χ3n) is 3.61. The van der Waals surface area contributed by atoms with E-state index in [-0.39, 0.29) is 16.8 Å². The summed E-state index contributed by atoms with van der Waals surface area (Å²) in [6.07, 6.45) is 1.55. The van der Waals surface area contributed by atoms with Gasteiger partial charge in [0, 0.05) is 23.3 Å². The van der Waals surface area contributed by atoms with Crippen molar-refractivity contribution in [1.29, 1.82) is 0 Å². The van der Waals surface area contributed by atoms with Crippen LogP contribution in [0.3, 0.4) is 0 Å². The van der Waals surface area contributed by atoms with Crippen molar-refractivity contribution in [3.63, 3.8) is 0 Å². The lowest BCUT2D eigenvalue weighted by Gasteiger charge is -2.15. The van der Waals surface area contributed by atoms with Crippen LogP contribution in [-0.2, 0) is 14.6 Å². The van der Waals surface area contributed by atoms with Crippen molar-refractivity contribution in [2.24, 2.45) is 0 Å². The van der Waals surface area contributed by atoms with Crippen LogP contribution in [-0.4, -0.2) is 26.3 Å². The van der Waals surface area contributed by atoms with Crippen LogP contribution >= 0.6 is 23.4 Å². The molecular weight excluding hydrogens is 378 g/mol. The monoisotopic (exact) mass is 397 g/mol. The van der Waals surface area contributed by atoms with E-state index < -0.39 is 9.84 Å². The molecule has 0 aliphatic carbocycles. The third-order valence-corrected chi connectivity index (χ3v) is 6.25. The number of carbonyl (C=O) groups excluding carboxylic acids is 1. The second kappa shape index (κ2) is 8.74. The van der Waals surface area contributed by atoms with Gasteiger partial charge >= 0.3 is 0 Å². The zero-order chi connectivity index (χ0) is 18.4. The zero-order valence-corrected chi connectivity index (χ0v) is 16.4. The highest BCUT2D eigenvalue weighted by atomic mass is 35.5. The first-order valence-electron chi connectivity index (χ1n) is 7.74. The van der Waals surface area contributed by atoms with Gasteiger partial charge in [-0.1, -0.05) is 35.9 Å². The summed E-state index contributed by atoms with van der Waals surface area (Å²) in [5.74, 6) is 0.578. The highest BCUT2D eigenvalue weighted by molar-refractivity contribution is 7.99. The van der Waals surface area contributed by atoms with Gasteiger partial charge in [-0.2, -0.15) is 0 Å². The van der Waals surface area contributed by atoms with Crippen LogP contribution in [0, 0.1) is 0 Å². The number of rotatable bonds is 7. The molecule has 0 bridgehead atoms. The number of hydrogen-bond acceptors (Lipinski definition) is 4. The van der Waals surface area contributed by atoms with Gasteiger partial charge in [0.1, 0.15) is 0 Å². The Labute approximate surface area is 157 Å². The Hall–Kier alpha value is -1.50. The van der Waals surface area contributed by atoms with Crippen molar-refractivity contribution in [1.82, 2.24) is 5.32 Å². The summed E-state index contributed by atoms with van der Waals surface area (Å²) in [5, 5.41) is 3.61. The van der Waals surface area contributed by atoms with Crippen LogP contribution in [0.1, 0.15) is 24.9 Å². The van der Waals surface area contributed by atoms with Gasteiger partial charge in [-0.3, -0.25) is 4.79 Å². The molecule has 25 heavy (non-hydrogen) atoms. The largest absolute Gasteiger partial charge is 0.350 e. The molecule has 2 aromatic carbocycles. The average molecular weight is 398 g/mol. The number of sulfone groups is 1. The molecule has 0 fully saturated rings. The molecule has 2 rings (SSSR count). The van der Waals surface area contributed by atoms with Gasteiger partial charge < -0.3 is 5.32 Å². The maximum absolute atomic E-state index is 12.1.